The molecule has 0 aromatic heterocycles. The lowest BCUT2D eigenvalue weighted by Crippen LogP contribution is -2.06. The Labute approximate surface area is 141 Å². The number of hydrogen-bond acceptors (Lipinski definition) is 2. The van der Waals surface area contributed by atoms with Crippen LogP contribution in [0.2, 0.25) is 0 Å². The third-order valence-corrected chi connectivity index (χ3v) is 4.18. The zero-order chi connectivity index (χ0) is 15.4. The highest BCUT2D eigenvalue weighted by Crippen LogP contribution is 2.32. The van der Waals surface area contributed by atoms with Gasteiger partial charge in [-0.15, -0.1) is 0 Å². The van der Waals surface area contributed by atoms with Crippen molar-refractivity contribution in [1.29, 1.82) is 0 Å². The number of benzene rings is 2. The van der Waals surface area contributed by atoms with Gasteiger partial charge >= 0.3 is 0 Å². The summed E-state index contributed by atoms with van der Waals surface area (Å²) < 4.78 is 2.06. The molecule has 0 fully saturated rings. The molecule has 0 unspecified atom stereocenters. The summed E-state index contributed by atoms with van der Waals surface area (Å²) in [6.45, 7) is 4.27. The average Bonchev–Trinajstić information content (AvgIpc) is 2.38. The summed E-state index contributed by atoms with van der Waals surface area (Å²) in [7, 11) is 0. The molecule has 0 saturated heterocycles. The molecular formula is C16H16Br2N2O. The molecular weight excluding hydrogens is 396 g/mol. The number of carbonyl (C=O) groups is 1. The Morgan fingerprint density at radius 1 is 1.10 bits per heavy atom. The highest BCUT2D eigenvalue weighted by Gasteiger charge is 2.06. The van der Waals surface area contributed by atoms with E-state index in [1.165, 1.54) is 12.5 Å². The number of amides is 1. The van der Waals surface area contributed by atoms with E-state index in [9.17, 15) is 4.79 Å². The Hall–Kier alpha value is -1.33. The maximum Gasteiger partial charge on any atom is 0.221 e. The zero-order valence-electron chi connectivity index (χ0n) is 11.8. The van der Waals surface area contributed by atoms with Crippen LogP contribution in [0.1, 0.15) is 18.1 Å². The van der Waals surface area contributed by atoms with Crippen LogP contribution in [0.25, 0.3) is 0 Å². The van der Waals surface area contributed by atoms with E-state index >= 15 is 0 Å². The molecule has 3 nitrogen and oxygen atoms in total. The molecule has 2 aromatic rings. The first-order valence-corrected chi connectivity index (χ1v) is 8.10. The van der Waals surface area contributed by atoms with Gasteiger partial charge in [-0.2, -0.15) is 0 Å². The number of rotatable bonds is 4. The van der Waals surface area contributed by atoms with Crippen LogP contribution in [-0.4, -0.2) is 5.91 Å². The Morgan fingerprint density at radius 2 is 1.67 bits per heavy atom. The molecule has 0 saturated carbocycles. The minimum atomic E-state index is -0.0617. The Kier molecular flexibility index (Phi) is 5.42. The Morgan fingerprint density at radius 3 is 2.19 bits per heavy atom. The van der Waals surface area contributed by atoms with Gasteiger partial charge < -0.3 is 10.6 Å². The van der Waals surface area contributed by atoms with Gasteiger partial charge in [0.15, 0.2) is 0 Å². The molecule has 0 atom stereocenters. The summed E-state index contributed by atoms with van der Waals surface area (Å²) in [4.78, 5) is 11.0. The quantitative estimate of drug-likeness (QED) is 0.735. The molecule has 2 N–H and O–H groups in total. The smallest absolute Gasteiger partial charge is 0.221 e. The third-order valence-electron chi connectivity index (χ3n) is 2.93. The molecule has 0 radical (unpaired) electrons. The number of halogens is 2. The van der Waals surface area contributed by atoms with Gasteiger partial charge in [0, 0.05) is 28.1 Å². The number of anilines is 2. The van der Waals surface area contributed by atoms with Crippen LogP contribution >= 0.6 is 31.9 Å². The van der Waals surface area contributed by atoms with Gasteiger partial charge in [0.2, 0.25) is 5.91 Å². The fourth-order valence-electron chi connectivity index (χ4n) is 1.97. The van der Waals surface area contributed by atoms with Crippen molar-refractivity contribution in [3.8, 4) is 0 Å². The van der Waals surface area contributed by atoms with Crippen LogP contribution < -0.4 is 10.6 Å². The minimum absolute atomic E-state index is 0.0617. The van der Waals surface area contributed by atoms with Gasteiger partial charge in [-0.05, 0) is 74.2 Å². The van der Waals surface area contributed by atoms with Crippen molar-refractivity contribution in [3.63, 3.8) is 0 Å². The van der Waals surface area contributed by atoms with E-state index < -0.39 is 0 Å². The van der Waals surface area contributed by atoms with E-state index in [4.69, 9.17) is 0 Å². The van der Waals surface area contributed by atoms with E-state index in [0.29, 0.717) is 6.54 Å². The van der Waals surface area contributed by atoms with Crippen molar-refractivity contribution in [2.45, 2.75) is 20.4 Å². The predicted octanol–water partition coefficient (Wildman–Crippen LogP) is 5.09. The van der Waals surface area contributed by atoms with Crippen molar-refractivity contribution in [1.82, 2.24) is 0 Å². The van der Waals surface area contributed by atoms with Crippen molar-refractivity contribution < 1.29 is 4.79 Å². The fraction of sp³-hybridized carbons (Fsp3) is 0.188. The van der Waals surface area contributed by atoms with E-state index in [-0.39, 0.29) is 5.91 Å². The van der Waals surface area contributed by atoms with Gasteiger partial charge in [0.25, 0.3) is 0 Å². The Bertz CT molecular complexity index is 631. The lowest BCUT2D eigenvalue weighted by molar-refractivity contribution is -0.114. The largest absolute Gasteiger partial charge is 0.379 e. The lowest BCUT2D eigenvalue weighted by Gasteiger charge is -2.12. The molecule has 110 valence electrons. The number of nitrogens with one attached hydrogen (secondary N) is 2. The summed E-state index contributed by atoms with van der Waals surface area (Å²) in [5.41, 5.74) is 4.18. The third kappa shape index (κ3) is 4.58. The van der Waals surface area contributed by atoms with Crippen molar-refractivity contribution >= 4 is 49.1 Å². The van der Waals surface area contributed by atoms with Crippen LogP contribution in [-0.2, 0) is 11.3 Å². The average molecular weight is 412 g/mol. The highest BCUT2D eigenvalue weighted by atomic mass is 79.9. The van der Waals surface area contributed by atoms with Gasteiger partial charge in [-0.25, -0.2) is 0 Å². The normalized spacial score (nSPS) is 10.3. The predicted molar refractivity (Wildman–Crippen MR) is 94.7 cm³/mol. The minimum Gasteiger partial charge on any atom is -0.379 e. The van der Waals surface area contributed by atoms with Crippen LogP contribution in [0.3, 0.4) is 0 Å². The van der Waals surface area contributed by atoms with Gasteiger partial charge in [-0.1, -0.05) is 12.1 Å². The van der Waals surface area contributed by atoms with Crippen molar-refractivity contribution in [2.24, 2.45) is 0 Å². The van der Waals surface area contributed by atoms with E-state index in [0.717, 1.165) is 25.9 Å². The SMILES string of the molecule is CC(=O)Nc1ccc(CNc2c(Br)cc(C)cc2Br)cc1. The monoisotopic (exact) mass is 410 g/mol. The molecule has 0 spiro atoms. The molecule has 0 bridgehead atoms. The second kappa shape index (κ2) is 7.09. The van der Waals surface area contributed by atoms with Crippen LogP contribution in [0.4, 0.5) is 11.4 Å². The molecule has 21 heavy (non-hydrogen) atoms. The summed E-state index contributed by atoms with van der Waals surface area (Å²) in [6, 6.07) is 11.9. The maximum atomic E-state index is 11.0. The first kappa shape index (κ1) is 16.0. The Balaban J connectivity index is 2.05. The van der Waals surface area contributed by atoms with Crippen LogP contribution in [0.5, 0.6) is 0 Å². The molecule has 2 aromatic carbocycles. The highest BCUT2D eigenvalue weighted by molar-refractivity contribution is 9.11. The summed E-state index contributed by atoms with van der Waals surface area (Å²) in [6.07, 6.45) is 0. The number of carbonyl (C=O) groups excluding carboxylic acids is 1. The summed E-state index contributed by atoms with van der Waals surface area (Å²) in [5, 5.41) is 6.16. The molecule has 0 aliphatic rings. The second-order valence-corrected chi connectivity index (χ2v) is 6.54. The van der Waals surface area contributed by atoms with E-state index in [1.807, 2.05) is 24.3 Å². The van der Waals surface area contributed by atoms with Crippen LogP contribution in [0, 0.1) is 6.92 Å². The molecule has 0 aliphatic heterocycles. The molecule has 1 amide bonds. The molecule has 0 heterocycles. The molecule has 5 heteroatoms. The number of aryl methyl sites for hydroxylation is 1. The fourth-order valence-corrected chi connectivity index (χ4v) is 3.66. The standard InChI is InChI=1S/C16H16Br2N2O/c1-10-7-14(17)16(15(18)8-10)19-9-12-3-5-13(6-4-12)20-11(2)21/h3-8,19H,9H2,1-2H3,(H,20,21). The summed E-state index contributed by atoms with van der Waals surface area (Å²) >= 11 is 7.14. The summed E-state index contributed by atoms with van der Waals surface area (Å²) in [5.74, 6) is -0.0617. The van der Waals surface area contributed by atoms with Crippen molar-refractivity contribution in [2.75, 3.05) is 10.6 Å². The maximum absolute atomic E-state index is 11.0. The van der Waals surface area contributed by atoms with Gasteiger partial charge in [-0.3, -0.25) is 4.79 Å². The van der Waals surface area contributed by atoms with E-state index in [2.05, 4.69) is 61.5 Å². The molecule has 0 aliphatic carbocycles. The first-order valence-electron chi connectivity index (χ1n) is 6.52. The second-order valence-electron chi connectivity index (χ2n) is 4.84. The number of hydrogen-bond donors (Lipinski definition) is 2. The van der Waals surface area contributed by atoms with Gasteiger partial charge in [0.05, 0.1) is 5.69 Å². The molecule has 2 rings (SSSR count). The van der Waals surface area contributed by atoms with Crippen molar-refractivity contribution in [3.05, 3.63) is 56.5 Å². The lowest BCUT2D eigenvalue weighted by atomic mass is 10.2. The zero-order valence-corrected chi connectivity index (χ0v) is 15.0. The topological polar surface area (TPSA) is 41.1 Å². The van der Waals surface area contributed by atoms with E-state index in [1.54, 1.807) is 0 Å². The van der Waals surface area contributed by atoms with Crippen LogP contribution in [0.15, 0.2) is 45.3 Å². The van der Waals surface area contributed by atoms with Gasteiger partial charge in [0.1, 0.15) is 0 Å². The first-order chi connectivity index (χ1) is 9.95.